The fourth-order valence-electron chi connectivity index (χ4n) is 6.03. The normalized spacial score (nSPS) is 35.8. The van der Waals surface area contributed by atoms with Crippen molar-refractivity contribution in [2.24, 2.45) is 17.3 Å². The standard InChI is InChI=1S/C23H38N2O3/c1-23-14-5-7-18(11-10-17-6-4-9-20(26)16-17)21(23)13-12-19(23)8-2-3-15-24-22(27)25-28/h10-11,19-21,26,28H,2-9,12-16H2,1H3,(H2,24,25,27)/b17-10-,18-11+. The van der Waals surface area contributed by atoms with Gasteiger partial charge in [-0.3, -0.25) is 5.21 Å². The number of hydrogen-bond donors (Lipinski definition) is 4. The minimum atomic E-state index is -0.519. The highest BCUT2D eigenvalue weighted by Gasteiger charge is 2.48. The molecule has 0 radical (unpaired) electrons. The van der Waals surface area contributed by atoms with Gasteiger partial charge in [0.05, 0.1) is 6.10 Å². The van der Waals surface area contributed by atoms with Gasteiger partial charge in [0.15, 0.2) is 0 Å². The minimum absolute atomic E-state index is 0.135. The molecule has 0 bridgehead atoms. The van der Waals surface area contributed by atoms with Crippen molar-refractivity contribution in [3.05, 3.63) is 23.3 Å². The van der Waals surface area contributed by atoms with E-state index in [1.165, 1.54) is 44.1 Å². The number of rotatable bonds is 6. The van der Waals surface area contributed by atoms with Gasteiger partial charge in [0.1, 0.15) is 0 Å². The van der Waals surface area contributed by atoms with Crippen molar-refractivity contribution in [1.29, 1.82) is 0 Å². The average molecular weight is 391 g/mol. The Morgan fingerprint density at radius 3 is 2.82 bits per heavy atom. The average Bonchev–Trinajstić information content (AvgIpc) is 3.02. The lowest BCUT2D eigenvalue weighted by Gasteiger charge is -2.42. The van der Waals surface area contributed by atoms with E-state index in [2.05, 4.69) is 24.4 Å². The molecule has 4 atom stereocenters. The molecule has 2 amide bonds. The van der Waals surface area contributed by atoms with E-state index in [0.717, 1.165) is 50.4 Å². The van der Waals surface area contributed by atoms with E-state index < -0.39 is 6.03 Å². The van der Waals surface area contributed by atoms with Crippen LogP contribution in [0.3, 0.4) is 0 Å². The Labute approximate surface area is 169 Å². The summed E-state index contributed by atoms with van der Waals surface area (Å²) >= 11 is 0. The number of aliphatic hydroxyl groups is 1. The van der Waals surface area contributed by atoms with Crippen LogP contribution < -0.4 is 10.8 Å². The van der Waals surface area contributed by atoms with Crippen LogP contribution in [0, 0.1) is 17.3 Å². The van der Waals surface area contributed by atoms with E-state index in [9.17, 15) is 9.90 Å². The molecule has 0 aliphatic heterocycles. The van der Waals surface area contributed by atoms with Crippen LogP contribution in [0.5, 0.6) is 0 Å². The molecular weight excluding hydrogens is 352 g/mol. The molecular formula is C23H38N2O3. The zero-order valence-corrected chi connectivity index (χ0v) is 17.4. The van der Waals surface area contributed by atoms with Crippen molar-refractivity contribution in [3.63, 3.8) is 0 Å². The maximum Gasteiger partial charge on any atom is 0.338 e. The van der Waals surface area contributed by atoms with Crippen molar-refractivity contribution in [1.82, 2.24) is 10.8 Å². The summed E-state index contributed by atoms with van der Waals surface area (Å²) in [7, 11) is 0. The first-order chi connectivity index (χ1) is 13.5. The van der Waals surface area contributed by atoms with E-state index in [0.29, 0.717) is 12.0 Å². The zero-order chi connectivity index (χ0) is 20.0. The molecule has 5 heteroatoms. The summed E-state index contributed by atoms with van der Waals surface area (Å²) < 4.78 is 0. The van der Waals surface area contributed by atoms with Gasteiger partial charge in [-0.15, -0.1) is 0 Å². The third-order valence-corrected chi connectivity index (χ3v) is 7.59. The van der Waals surface area contributed by atoms with Gasteiger partial charge in [-0.1, -0.05) is 36.6 Å². The smallest absolute Gasteiger partial charge is 0.338 e. The monoisotopic (exact) mass is 390 g/mol. The van der Waals surface area contributed by atoms with E-state index in [1.54, 1.807) is 11.1 Å². The quantitative estimate of drug-likeness (QED) is 0.297. The Bertz CT molecular complexity index is 601. The SMILES string of the molecule is CC12CCC/C(=C\C=C3\CCCC(O)C3)C1CCC2CCCCNC(=O)NO. The molecule has 0 saturated heterocycles. The molecule has 28 heavy (non-hydrogen) atoms. The van der Waals surface area contributed by atoms with E-state index in [-0.39, 0.29) is 6.10 Å². The van der Waals surface area contributed by atoms with Crippen LogP contribution in [0.2, 0.25) is 0 Å². The molecule has 3 aliphatic carbocycles. The lowest BCUT2D eigenvalue weighted by atomic mass is 9.62. The van der Waals surface area contributed by atoms with Gasteiger partial charge in [0, 0.05) is 6.54 Å². The second-order valence-corrected chi connectivity index (χ2v) is 9.37. The summed E-state index contributed by atoms with van der Waals surface area (Å²) in [6.45, 7) is 3.13. The molecule has 0 aromatic carbocycles. The fourth-order valence-corrected chi connectivity index (χ4v) is 6.03. The molecule has 3 saturated carbocycles. The molecule has 3 aliphatic rings. The lowest BCUT2D eigenvalue weighted by Crippen LogP contribution is -2.34. The summed E-state index contributed by atoms with van der Waals surface area (Å²) in [5.74, 6) is 1.49. The van der Waals surface area contributed by atoms with Crippen LogP contribution in [-0.2, 0) is 0 Å². The highest BCUT2D eigenvalue weighted by molar-refractivity contribution is 5.72. The summed E-state index contributed by atoms with van der Waals surface area (Å²) in [6, 6.07) is -0.519. The van der Waals surface area contributed by atoms with E-state index >= 15 is 0 Å². The summed E-state index contributed by atoms with van der Waals surface area (Å²) in [5.41, 5.74) is 5.10. The van der Waals surface area contributed by atoms with Crippen molar-refractivity contribution in [2.45, 2.75) is 90.1 Å². The molecule has 4 N–H and O–H groups in total. The van der Waals surface area contributed by atoms with Gasteiger partial charge >= 0.3 is 6.03 Å². The molecule has 5 nitrogen and oxygen atoms in total. The number of hydroxylamine groups is 1. The third-order valence-electron chi connectivity index (χ3n) is 7.59. The first kappa shape index (κ1) is 21.4. The van der Waals surface area contributed by atoms with E-state index in [4.69, 9.17) is 5.21 Å². The molecule has 0 heterocycles. The zero-order valence-electron chi connectivity index (χ0n) is 17.4. The first-order valence-corrected chi connectivity index (χ1v) is 11.3. The van der Waals surface area contributed by atoms with Gasteiger partial charge in [-0.25, -0.2) is 10.3 Å². The highest BCUT2D eigenvalue weighted by Crippen LogP contribution is 2.58. The Morgan fingerprint density at radius 1 is 1.18 bits per heavy atom. The predicted molar refractivity (Wildman–Crippen MR) is 111 cm³/mol. The number of hydrogen-bond acceptors (Lipinski definition) is 3. The number of allylic oxidation sites excluding steroid dienone is 3. The third kappa shape index (κ3) is 5.18. The Hall–Kier alpha value is -1.33. The Morgan fingerprint density at radius 2 is 2.04 bits per heavy atom. The second-order valence-electron chi connectivity index (χ2n) is 9.37. The van der Waals surface area contributed by atoms with Gasteiger partial charge in [-0.2, -0.15) is 0 Å². The minimum Gasteiger partial charge on any atom is -0.393 e. The van der Waals surface area contributed by atoms with Gasteiger partial charge < -0.3 is 10.4 Å². The van der Waals surface area contributed by atoms with Crippen molar-refractivity contribution in [2.75, 3.05) is 6.54 Å². The number of carbonyl (C=O) groups excluding carboxylic acids is 1. The largest absolute Gasteiger partial charge is 0.393 e. The predicted octanol–water partition coefficient (Wildman–Crippen LogP) is 4.85. The number of aliphatic hydroxyl groups excluding tert-OH is 1. The second kappa shape index (κ2) is 9.93. The Balaban J connectivity index is 1.54. The molecule has 158 valence electrons. The van der Waals surface area contributed by atoms with Gasteiger partial charge in [0.2, 0.25) is 0 Å². The van der Waals surface area contributed by atoms with Crippen LogP contribution in [0.1, 0.15) is 84.0 Å². The van der Waals surface area contributed by atoms with Crippen LogP contribution >= 0.6 is 0 Å². The van der Waals surface area contributed by atoms with Gasteiger partial charge in [0.25, 0.3) is 0 Å². The molecule has 4 unspecified atom stereocenters. The number of unbranched alkanes of at least 4 members (excludes halogenated alkanes) is 1. The highest BCUT2D eigenvalue weighted by atomic mass is 16.5. The molecule has 0 aromatic heterocycles. The van der Waals surface area contributed by atoms with Crippen molar-refractivity contribution >= 4 is 6.03 Å². The number of carbonyl (C=O) groups is 1. The number of fused-ring (bicyclic) bond motifs is 1. The van der Waals surface area contributed by atoms with Crippen LogP contribution in [0.15, 0.2) is 23.3 Å². The first-order valence-electron chi connectivity index (χ1n) is 11.3. The number of urea groups is 1. The van der Waals surface area contributed by atoms with E-state index in [1.807, 2.05) is 0 Å². The summed E-state index contributed by atoms with van der Waals surface area (Å²) in [5, 5.41) is 21.1. The molecule has 3 rings (SSSR count). The lowest BCUT2D eigenvalue weighted by molar-refractivity contribution is 0.127. The fraction of sp³-hybridized carbons (Fsp3) is 0.783. The summed E-state index contributed by atoms with van der Waals surface area (Å²) in [4.78, 5) is 11.0. The topological polar surface area (TPSA) is 81.6 Å². The maximum atomic E-state index is 11.0. The summed E-state index contributed by atoms with van der Waals surface area (Å²) in [6.07, 6.45) is 18.5. The molecule has 3 fully saturated rings. The van der Waals surface area contributed by atoms with Gasteiger partial charge in [-0.05, 0) is 87.9 Å². The van der Waals surface area contributed by atoms with Crippen molar-refractivity contribution < 1.29 is 15.1 Å². The van der Waals surface area contributed by atoms with Crippen LogP contribution in [0.25, 0.3) is 0 Å². The molecule has 0 spiro atoms. The van der Waals surface area contributed by atoms with Crippen molar-refractivity contribution in [3.8, 4) is 0 Å². The number of amides is 2. The Kier molecular flexibility index (Phi) is 7.58. The van der Waals surface area contributed by atoms with Crippen LogP contribution in [0.4, 0.5) is 4.79 Å². The van der Waals surface area contributed by atoms with Crippen LogP contribution in [-0.4, -0.2) is 29.0 Å². The molecule has 0 aromatic rings. The maximum absolute atomic E-state index is 11.0. The number of nitrogens with one attached hydrogen (secondary N) is 2.